The van der Waals surface area contributed by atoms with E-state index in [2.05, 4.69) is 28.0 Å². The SMILES string of the molecule is CCc1nn(C)c(CC(=O)C2CCCO2)c1Br. The fraction of sp³-hybridized carbons (Fsp3) is 0.667. The lowest BCUT2D eigenvalue weighted by Gasteiger charge is -2.08. The van der Waals surface area contributed by atoms with E-state index in [1.54, 1.807) is 4.68 Å². The van der Waals surface area contributed by atoms with Crippen LogP contribution in [0.3, 0.4) is 0 Å². The Morgan fingerprint density at radius 3 is 2.94 bits per heavy atom. The molecule has 0 aliphatic carbocycles. The van der Waals surface area contributed by atoms with Gasteiger partial charge in [0.05, 0.1) is 22.3 Å². The van der Waals surface area contributed by atoms with Crippen LogP contribution in [0.4, 0.5) is 0 Å². The number of halogens is 1. The average Bonchev–Trinajstić information content (AvgIpc) is 2.92. The second kappa shape index (κ2) is 5.31. The van der Waals surface area contributed by atoms with E-state index in [-0.39, 0.29) is 11.9 Å². The molecule has 0 saturated carbocycles. The highest BCUT2D eigenvalue weighted by Crippen LogP contribution is 2.23. The fourth-order valence-electron chi connectivity index (χ4n) is 2.12. The minimum atomic E-state index is -0.207. The highest BCUT2D eigenvalue weighted by molar-refractivity contribution is 9.10. The number of ketones is 1. The van der Waals surface area contributed by atoms with Crippen molar-refractivity contribution in [3.63, 3.8) is 0 Å². The number of hydrogen-bond acceptors (Lipinski definition) is 3. The van der Waals surface area contributed by atoms with Crippen LogP contribution in [0.25, 0.3) is 0 Å². The number of carbonyl (C=O) groups excluding carboxylic acids is 1. The van der Waals surface area contributed by atoms with E-state index in [4.69, 9.17) is 4.74 Å². The van der Waals surface area contributed by atoms with E-state index in [9.17, 15) is 4.79 Å². The van der Waals surface area contributed by atoms with E-state index in [0.717, 1.165) is 35.1 Å². The van der Waals surface area contributed by atoms with Gasteiger partial charge in [-0.05, 0) is 35.2 Å². The maximum atomic E-state index is 12.0. The Balaban J connectivity index is 2.12. The standard InChI is InChI=1S/C12H17BrN2O2/c1-3-8-12(13)9(15(2)14-8)7-10(16)11-5-4-6-17-11/h11H,3-7H2,1-2H3. The number of carbonyl (C=O) groups is 1. The maximum absolute atomic E-state index is 12.0. The topological polar surface area (TPSA) is 44.1 Å². The lowest BCUT2D eigenvalue weighted by molar-refractivity contribution is -0.127. The summed E-state index contributed by atoms with van der Waals surface area (Å²) in [5.74, 6) is 0.161. The molecule has 0 spiro atoms. The van der Waals surface area contributed by atoms with Gasteiger partial charge in [-0.1, -0.05) is 6.92 Å². The van der Waals surface area contributed by atoms with Crippen LogP contribution < -0.4 is 0 Å². The van der Waals surface area contributed by atoms with E-state index < -0.39 is 0 Å². The number of ether oxygens (including phenoxy) is 1. The zero-order valence-corrected chi connectivity index (χ0v) is 11.8. The molecule has 2 rings (SSSR count). The van der Waals surface area contributed by atoms with Crippen LogP contribution in [0.2, 0.25) is 0 Å². The highest BCUT2D eigenvalue weighted by atomic mass is 79.9. The molecule has 0 aromatic carbocycles. The third-order valence-corrected chi connectivity index (χ3v) is 4.05. The predicted molar refractivity (Wildman–Crippen MR) is 68.0 cm³/mol. The van der Waals surface area contributed by atoms with Gasteiger partial charge in [0, 0.05) is 13.7 Å². The van der Waals surface area contributed by atoms with Crippen molar-refractivity contribution in [2.75, 3.05) is 6.61 Å². The Morgan fingerprint density at radius 1 is 1.65 bits per heavy atom. The van der Waals surface area contributed by atoms with Gasteiger partial charge in [0.15, 0.2) is 5.78 Å². The molecule has 1 aromatic rings. The molecule has 0 bridgehead atoms. The van der Waals surface area contributed by atoms with Crippen molar-refractivity contribution in [3.05, 3.63) is 15.9 Å². The Hall–Kier alpha value is -0.680. The second-order valence-corrected chi connectivity index (χ2v) is 5.12. The number of rotatable bonds is 4. The summed E-state index contributed by atoms with van der Waals surface area (Å²) in [6.07, 6.45) is 2.90. The molecule has 1 aliphatic heterocycles. The first-order valence-corrected chi connectivity index (χ1v) is 6.77. The molecule has 0 amide bonds. The summed E-state index contributed by atoms with van der Waals surface area (Å²) in [4.78, 5) is 12.0. The molecule has 1 aromatic heterocycles. The number of hydrogen-bond donors (Lipinski definition) is 0. The molecule has 2 heterocycles. The Kier molecular flexibility index (Phi) is 3.99. The summed E-state index contributed by atoms with van der Waals surface area (Å²) in [5.41, 5.74) is 1.95. The molecule has 1 saturated heterocycles. The highest BCUT2D eigenvalue weighted by Gasteiger charge is 2.25. The van der Waals surface area contributed by atoms with Crippen molar-refractivity contribution < 1.29 is 9.53 Å². The zero-order valence-electron chi connectivity index (χ0n) is 10.2. The molecule has 1 atom stereocenters. The van der Waals surface area contributed by atoms with Gasteiger partial charge in [-0.2, -0.15) is 5.10 Å². The van der Waals surface area contributed by atoms with Gasteiger partial charge in [-0.25, -0.2) is 0 Å². The monoisotopic (exact) mass is 300 g/mol. The third-order valence-electron chi connectivity index (χ3n) is 3.13. The van der Waals surface area contributed by atoms with E-state index in [1.165, 1.54) is 0 Å². The minimum absolute atomic E-state index is 0.161. The first-order valence-electron chi connectivity index (χ1n) is 5.98. The number of aryl methyl sites for hydroxylation is 2. The quantitative estimate of drug-likeness (QED) is 0.855. The summed E-state index contributed by atoms with van der Waals surface area (Å²) >= 11 is 3.52. The van der Waals surface area contributed by atoms with Crippen LogP contribution in [0.1, 0.15) is 31.2 Å². The van der Waals surface area contributed by atoms with Crippen molar-refractivity contribution in [1.82, 2.24) is 9.78 Å². The van der Waals surface area contributed by atoms with Gasteiger partial charge in [0.2, 0.25) is 0 Å². The van der Waals surface area contributed by atoms with E-state index >= 15 is 0 Å². The molecule has 1 fully saturated rings. The molecule has 4 nitrogen and oxygen atoms in total. The molecule has 94 valence electrons. The van der Waals surface area contributed by atoms with Crippen molar-refractivity contribution in [1.29, 1.82) is 0 Å². The summed E-state index contributed by atoms with van der Waals surface area (Å²) in [5, 5.41) is 4.39. The zero-order chi connectivity index (χ0) is 12.4. The Bertz CT molecular complexity index is 422. The van der Waals surface area contributed by atoms with Crippen molar-refractivity contribution >= 4 is 21.7 Å². The Labute approximate surface area is 109 Å². The lowest BCUT2D eigenvalue weighted by Crippen LogP contribution is -2.22. The number of nitrogens with zero attached hydrogens (tertiary/aromatic N) is 2. The van der Waals surface area contributed by atoms with Crippen molar-refractivity contribution in [2.24, 2.45) is 7.05 Å². The molecular formula is C12H17BrN2O2. The molecular weight excluding hydrogens is 284 g/mol. The molecule has 0 N–H and O–H groups in total. The van der Waals surface area contributed by atoms with Gasteiger partial charge in [0.25, 0.3) is 0 Å². The number of Topliss-reactive ketones (excluding diaryl/α,β-unsaturated/α-hetero) is 1. The second-order valence-electron chi connectivity index (χ2n) is 4.33. The Morgan fingerprint density at radius 2 is 2.41 bits per heavy atom. The molecule has 1 unspecified atom stereocenters. The van der Waals surface area contributed by atoms with E-state index in [1.807, 2.05) is 7.05 Å². The summed E-state index contributed by atoms with van der Waals surface area (Å²) in [6.45, 7) is 2.77. The van der Waals surface area contributed by atoms with Crippen LogP contribution in [0, 0.1) is 0 Å². The largest absolute Gasteiger partial charge is 0.370 e. The summed E-state index contributed by atoms with van der Waals surface area (Å²) < 4.78 is 8.16. The van der Waals surface area contributed by atoms with Gasteiger partial charge < -0.3 is 4.74 Å². The normalized spacial score (nSPS) is 19.8. The molecule has 5 heteroatoms. The van der Waals surface area contributed by atoms with Gasteiger partial charge in [-0.3, -0.25) is 9.48 Å². The lowest BCUT2D eigenvalue weighted by atomic mass is 10.1. The third kappa shape index (κ3) is 2.60. The predicted octanol–water partition coefficient (Wildman–Crippen LogP) is 2.04. The molecule has 1 aliphatic rings. The van der Waals surface area contributed by atoms with Crippen molar-refractivity contribution in [3.8, 4) is 0 Å². The number of aromatic nitrogens is 2. The van der Waals surface area contributed by atoms with Gasteiger partial charge >= 0.3 is 0 Å². The van der Waals surface area contributed by atoms with Crippen LogP contribution in [-0.2, 0) is 29.4 Å². The first-order chi connectivity index (χ1) is 8.13. The van der Waals surface area contributed by atoms with Gasteiger partial charge in [0.1, 0.15) is 6.10 Å². The summed E-state index contributed by atoms with van der Waals surface area (Å²) in [7, 11) is 1.88. The van der Waals surface area contributed by atoms with Crippen LogP contribution in [0.5, 0.6) is 0 Å². The molecule has 0 radical (unpaired) electrons. The van der Waals surface area contributed by atoms with Gasteiger partial charge in [-0.15, -0.1) is 0 Å². The summed E-state index contributed by atoms with van der Waals surface area (Å²) in [6, 6.07) is 0. The minimum Gasteiger partial charge on any atom is -0.370 e. The maximum Gasteiger partial charge on any atom is 0.167 e. The fourth-order valence-corrected chi connectivity index (χ4v) is 2.88. The molecule has 17 heavy (non-hydrogen) atoms. The van der Waals surface area contributed by atoms with Crippen LogP contribution >= 0.6 is 15.9 Å². The van der Waals surface area contributed by atoms with E-state index in [0.29, 0.717) is 13.0 Å². The average molecular weight is 301 g/mol. The van der Waals surface area contributed by atoms with Crippen molar-refractivity contribution in [2.45, 2.75) is 38.7 Å². The van der Waals surface area contributed by atoms with Crippen LogP contribution in [0.15, 0.2) is 4.47 Å². The first kappa shape index (κ1) is 12.8. The smallest absolute Gasteiger partial charge is 0.167 e. The van der Waals surface area contributed by atoms with Crippen LogP contribution in [-0.4, -0.2) is 28.3 Å².